The van der Waals surface area contributed by atoms with Crippen molar-refractivity contribution in [2.45, 2.75) is 25.0 Å². The second-order valence-corrected chi connectivity index (χ2v) is 8.77. The fourth-order valence-electron chi connectivity index (χ4n) is 3.20. The number of benzene rings is 1. The number of piperazine rings is 1. The molecular weight excluding hydrogens is 396 g/mol. The number of aromatic nitrogens is 3. The lowest BCUT2D eigenvalue weighted by Crippen LogP contribution is -2.49. The summed E-state index contributed by atoms with van der Waals surface area (Å²) in [5.74, 6) is 0.819. The van der Waals surface area contributed by atoms with Crippen molar-refractivity contribution < 1.29 is 8.42 Å². The maximum Gasteiger partial charge on any atom is 0.244 e. The molecule has 0 bridgehead atoms. The van der Waals surface area contributed by atoms with Crippen LogP contribution in [0.4, 0.5) is 0 Å². The van der Waals surface area contributed by atoms with Crippen LogP contribution < -0.4 is 0 Å². The summed E-state index contributed by atoms with van der Waals surface area (Å²) in [4.78, 5) is 2.18. The molecule has 148 valence electrons. The Morgan fingerprint density at radius 1 is 1.29 bits per heavy atom. The van der Waals surface area contributed by atoms with Crippen LogP contribution in [0.3, 0.4) is 0 Å². The number of aryl methyl sites for hydroxylation is 1. The summed E-state index contributed by atoms with van der Waals surface area (Å²) in [6.45, 7) is 8.56. The zero-order valence-corrected chi connectivity index (χ0v) is 17.3. The third-order valence-electron chi connectivity index (χ3n) is 4.71. The van der Waals surface area contributed by atoms with E-state index < -0.39 is 10.0 Å². The van der Waals surface area contributed by atoms with Crippen molar-refractivity contribution in [2.24, 2.45) is 0 Å². The molecule has 3 rings (SSSR count). The number of hydrogen-bond acceptors (Lipinski definition) is 6. The zero-order chi connectivity index (χ0) is 20.3. The first-order valence-electron chi connectivity index (χ1n) is 8.85. The highest BCUT2D eigenvalue weighted by Gasteiger charge is 2.30. The van der Waals surface area contributed by atoms with Gasteiger partial charge in [-0.2, -0.15) is 14.7 Å². The number of hydrogen-bond donors (Lipinski definition) is 0. The summed E-state index contributed by atoms with van der Waals surface area (Å²) in [5, 5.41) is 13.7. The van der Waals surface area contributed by atoms with Crippen molar-refractivity contribution in [1.29, 1.82) is 5.26 Å². The molecule has 0 amide bonds. The molecule has 0 N–H and O–H groups in total. The van der Waals surface area contributed by atoms with Gasteiger partial charge in [0.05, 0.1) is 17.1 Å². The largest absolute Gasteiger partial charge is 0.300 e. The van der Waals surface area contributed by atoms with E-state index in [-0.39, 0.29) is 10.5 Å². The third-order valence-corrected chi connectivity index (χ3v) is 7.10. The van der Waals surface area contributed by atoms with E-state index in [0.29, 0.717) is 44.2 Å². The Morgan fingerprint density at radius 3 is 2.61 bits per heavy atom. The highest BCUT2D eigenvalue weighted by molar-refractivity contribution is 7.89. The van der Waals surface area contributed by atoms with Gasteiger partial charge in [-0.25, -0.2) is 13.1 Å². The van der Waals surface area contributed by atoms with E-state index >= 15 is 0 Å². The van der Waals surface area contributed by atoms with Gasteiger partial charge in [-0.3, -0.25) is 4.90 Å². The first-order valence-corrected chi connectivity index (χ1v) is 10.7. The molecule has 0 radical (unpaired) electrons. The molecule has 1 aliphatic rings. The molecule has 1 saturated heterocycles. The Bertz CT molecular complexity index is 1070. The molecule has 2 aromatic rings. The van der Waals surface area contributed by atoms with Crippen LogP contribution in [-0.2, 0) is 23.2 Å². The van der Waals surface area contributed by atoms with Crippen LogP contribution in [-0.4, -0.2) is 58.1 Å². The second-order valence-electron chi connectivity index (χ2n) is 6.50. The zero-order valence-electron chi connectivity index (χ0n) is 15.7. The summed E-state index contributed by atoms with van der Waals surface area (Å²) in [5.41, 5.74) is 0.166. The van der Waals surface area contributed by atoms with Crippen LogP contribution >= 0.6 is 12.2 Å². The minimum atomic E-state index is -3.69. The van der Waals surface area contributed by atoms with Crippen molar-refractivity contribution in [1.82, 2.24) is 23.6 Å². The number of allylic oxidation sites excluding steroid dienone is 1. The third kappa shape index (κ3) is 3.93. The lowest BCUT2D eigenvalue weighted by molar-refractivity contribution is 0.144. The van der Waals surface area contributed by atoms with Gasteiger partial charge in [-0.1, -0.05) is 18.2 Å². The summed E-state index contributed by atoms with van der Waals surface area (Å²) >= 11 is 5.47. The van der Waals surface area contributed by atoms with Gasteiger partial charge < -0.3 is 4.57 Å². The Hall–Kier alpha value is -2.32. The molecule has 0 spiro atoms. The minimum Gasteiger partial charge on any atom is -0.300 e. The molecule has 10 heteroatoms. The first kappa shape index (κ1) is 20.4. The van der Waals surface area contributed by atoms with Gasteiger partial charge in [-0.15, -0.1) is 6.58 Å². The van der Waals surface area contributed by atoms with Crippen molar-refractivity contribution in [3.8, 4) is 6.07 Å². The molecule has 1 aromatic carbocycles. The van der Waals surface area contributed by atoms with Gasteiger partial charge in [0.2, 0.25) is 10.0 Å². The molecule has 1 aromatic heterocycles. The average molecular weight is 419 g/mol. The molecule has 1 fully saturated rings. The van der Waals surface area contributed by atoms with E-state index in [0.717, 1.165) is 5.82 Å². The summed E-state index contributed by atoms with van der Waals surface area (Å²) in [6.07, 6.45) is 1.78. The Kier molecular flexibility index (Phi) is 6.10. The normalized spacial score (nSPS) is 16.0. The van der Waals surface area contributed by atoms with Crippen LogP contribution in [0.5, 0.6) is 0 Å². The van der Waals surface area contributed by atoms with E-state index in [1.54, 1.807) is 22.9 Å². The Morgan fingerprint density at radius 2 is 1.96 bits per heavy atom. The van der Waals surface area contributed by atoms with Crippen molar-refractivity contribution >= 4 is 22.2 Å². The quantitative estimate of drug-likeness (QED) is 0.525. The monoisotopic (exact) mass is 418 g/mol. The topological polar surface area (TPSA) is 87.2 Å². The Balaban J connectivity index is 1.70. The van der Waals surface area contributed by atoms with E-state index in [9.17, 15) is 13.7 Å². The highest BCUT2D eigenvalue weighted by Crippen LogP contribution is 2.21. The van der Waals surface area contributed by atoms with Crippen LogP contribution in [0.1, 0.15) is 11.4 Å². The van der Waals surface area contributed by atoms with Crippen LogP contribution in [0.2, 0.25) is 0 Å². The summed E-state index contributed by atoms with van der Waals surface area (Å²) in [7, 11) is -3.69. The molecule has 28 heavy (non-hydrogen) atoms. The van der Waals surface area contributed by atoms with Gasteiger partial charge >= 0.3 is 0 Å². The predicted molar refractivity (Wildman–Crippen MR) is 107 cm³/mol. The lowest BCUT2D eigenvalue weighted by atomic mass is 10.2. The van der Waals surface area contributed by atoms with Gasteiger partial charge in [0.1, 0.15) is 11.9 Å². The highest BCUT2D eigenvalue weighted by atomic mass is 32.2. The fourth-order valence-corrected chi connectivity index (χ4v) is 5.07. The van der Waals surface area contributed by atoms with Gasteiger partial charge in [-0.05, 0) is 31.3 Å². The number of rotatable bonds is 6. The maximum atomic E-state index is 12.9. The SMILES string of the molecule is C=CCn1c(C)nn(CN2CCN(S(=O)(=O)c3ccccc3C#N)CC2)c1=S. The smallest absolute Gasteiger partial charge is 0.244 e. The molecule has 0 atom stereocenters. The van der Waals surface area contributed by atoms with Crippen LogP contribution in [0.15, 0.2) is 41.8 Å². The molecule has 0 aliphatic carbocycles. The van der Waals surface area contributed by atoms with Crippen LogP contribution in [0, 0.1) is 23.0 Å². The fraction of sp³-hybridized carbons (Fsp3) is 0.389. The maximum absolute atomic E-state index is 12.9. The van der Waals surface area contributed by atoms with Crippen molar-refractivity contribution in [2.75, 3.05) is 26.2 Å². The minimum absolute atomic E-state index is 0.0620. The standard InChI is InChI=1S/C18H22N6O2S2/c1-3-8-23-15(2)20-24(18(23)27)14-21-9-11-22(12-10-21)28(25,26)17-7-5-4-6-16(17)13-19/h3-7H,1,8-12,14H2,2H3. The average Bonchev–Trinajstić information content (AvgIpc) is 2.96. The number of nitrogens with zero attached hydrogens (tertiary/aromatic N) is 6. The van der Waals surface area contributed by atoms with Gasteiger partial charge in [0, 0.05) is 32.7 Å². The predicted octanol–water partition coefficient (Wildman–Crippen LogP) is 1.74. The second kappa shape index (κ2) is 8.36. The van der Waals surface area contributed by atoms with Crippen LogP contribution in [0.25, 0.3) is 0 Å². The van der Waals surface area contributed by atoms with E-state index in [1.807, 2.05) is 17.6 Å². The van der Waals surface area contributed by atoms with E-state index in [1.165, 1.54) is 16.4 Å². The first-order chi connectivity index (χ1) is 13.4. The van der Waals surface area contributed by atoms with E-state index in [4.69, 9.17) is 12.2 Å². The van der Waals surface area contributed by atoms with Gasteiger partial charge in [0.15, 0.2) is 4.77 Å². The molecule has 1 aliphatic heterocycles. The summed E-state index contributed by atoms with van der Waals surface area (Å²) in [6, 6.07) is 8.25. The summed E-state index contributed by atoms with van der Waals surface area (Å²) < 4.78 is 31.5. The number of sulfonamides is 1. The Labute approximate surface area is 170 Å². The molecule has 2 heterocycles. The van der Waals surface area contributed by atoms with E-state index in [2.05, 4.69) is 16.6 Å². The molecule has 0 unspecified atom stereocenters. The molecule has 0 saturated carbocycles. The molecule has 8 nitrogen and oxygen atoms in total. The van der Waals surface area contributed by atoms with Crippen molar-refractivity contribution in [3.05, 3.63) is 53.1 Å². The number of nitriles is 1. The van der Waals surface area contributed by atoms with Gasteiger partial charge in [0.25, 0.3) is 0 Å². The molecular formula is C18H22N6O2S2. The van der Waals surface area contributed by atoms with Crippen molar-refractivity contribution in [3.63, 3.8) is 0 Å². The lowest BCUT2D eigenvalue weighted by Gasteiger charge is -2.33.